The van der Waals surface area contributed by atoms with Gasteiger partial charge in [0.15, 0.2) is 11.6 Å². The molecule has 0 aliphatic heterocycles. The molecular formula is C13H17ClN6. The molecule has 0 saturated carbocycles. The van der Waals surface area contributed by atoms with Gasteiger partial charge in [0, 0.05) is 19.3 Å². The molecule has 3 N–H and O–H groups in total. The minimum absolute atomic E-state index is 0.507. The zero-order valence-electron chi connectivity index (χ0n) is 11.5. The highest BCUT2D eigenvalue weighted by molar-refractivity contribution is 6.30. The number of halogens is 1. The van der Waals surface area contributed by atoms with Gasteiger partial charge in [-0.15, -0.1) is 0 Å². The number of pyridine rings is 1. The van der Waals surface area contributed by atoms with Crippen LogP contribution in [-0.2, 0) is 0 Å². The maximum atomic E-state index is 6.13. The Morgan fingerprint density at radius 3 is 2.55 bits per heavy atom. The van der Waals surface area contributed by atoms with Crippen LogP contribution in [0.1, 0.15) is 13.8 Å². The van der Waals surface area contributed by atoms with Gasteiger partial charge in [-0.2, -0.15) is 0 Å². The zero-order valence-corrected chi connectivity index (χ0v) is 12.2. The smallest absolute Gasteiger partial charge is 0.160 e. The van der Waals surface area contributed by atoms with Crippen molar-refractivity contribution in [1.82, 2.24) is 15.0 Å². The number of aromatic nitrogens is 3. The topological polar surface area (TPSA) is 80.0 Å². The van der Waals surface area contributed by atoms with Crippen LogP contribution >= 0.6 is 11.6 Å². The predicted molar refractivity (Wildman–Crippen MR) is 82.5 cm³/mol. The van der Waals surface area contributed by atoms with Crippen molar-refractivity contribution in [3.8, 4) is 0 Å². The maximum absolute atomic E-state index is 6.13. The van der Waals surface area contributed by atoms with Crippen molar-refractivity contribution in [3.05, 3.63) is 29.7 Å². The monoisotopic (exact) mass is 292 g/mol. The first-order chi connectivity index (χ1) is 9.65. The molecule has 20 heavy (non-hydrogen) atoms. The third-order valence-electron chi connectivity index (χ3n) is 2.90. The largest absolute Gasteiger partial charge is 0.393 e. The SMILES string of the molecule is CCN(CC)c1ncnc(Nc2ccc(Cl)cn2)c1N. The van der Waals surface area contributed by atoms with Gasteiger partial charge in [-0.3, -0.25) is 0 Å². The number of nitrogens with two attached hydrogens (primary N) is 1. The molecule has 106 valence electrons. The standard InChI is InChI=1S/C13H17ClN6/c1-3-20(4-2)13-11(15)12(17-8-18-13)19-10-6-5-9(14)7-16-10/h5-8H,3-4,15H2,1-2H3,(H,16,17,18,19). The third kappa shape index (κ3) is 3.08. The van der Waals surface area contributed by atoms with Gasteiger partial charge < -0.3 is 16.0 Å². The van der Waals surface area contributed by atoms with Crippen molar-refractivity contribution in [2.75, 3.05) is 29.0 Å². The van der Waals surface area contributed by atoms with Crippen LogP contribution in [-0.4, -0.2) is 28.0 Å². The molecule has 0 radical (unpaired) electrons. The van der Waals surface area contributed by atoms with Crippen molar-refractivity contribution in [2.24, 2.45) is 0 Å². The summed E-state index contributed by atoms with van der Waals surface area (Å²) in [5.74, 6) is 1.89. The van der Waals surface area contributed by atoms with Crippen LogP contribution in [0.15, 0.2) is 24.7 Å². The van der Waals surface area contributed by atoms with Gasteiger partial charge in [-0.25, -0.2) is 15.0 Å². The molecule has 0 spiro atoms. The van der Waals surface area contributed by atoms with Gasteiger partial charge in [-0.1, -0.05) is 11.6 Å². The van der Waals surface area contributed by atoms with Crippen molar-refractivity contribution in [3.63, 3.8) is 0 Å². The molecule has 0 aliphatic carbocycles. The number of nitrogens with one attached hydrogen (secondary N) is 1. The highest BCUT2D eigenvalue weighted by Crippen LogP contribution is 2.27. The molecule has 2 heterocycles. The minimum Gasteiger partial charge on any atom is -0.393 e. The molecule has 0 aromatic carbocycles. The van der Waals surface area contributed by atoms with Crippen LogP contribution in [0, 0.1) is 0 Å². The number of hydrogen-bond acceptors (Lipinski definition) is 6. The van der Waals surface area contributed by atoms with E-state index in [9.17, 15) is 0 Å². The van der Waals surface area contributed by atoms with Gasteiger partial charge in [0.05, 0.1) is 5.02 Å². The first-order valence-corrected chi connectivity index (χ1v) is 6.77. The van der Waals surface area contributed by atoms with Crippen LogP contribution < -0.4 is 16.0 Å². The molecule has 2 aromatic rings. The summed E-state index contributed by atoms with van der Waals surface area (Å²) in [4.78, 5) is 14.6. The number of nitrogens with zero attached hydrogens (tertiary/aromatic N) is 4. The second-order valence-corrected chi connectivity index (χ2v) is 4.55. The lowest BCUT2D eigenvalue weighted by molar-refractivity contribution is 0.844. The first-order valence-electron chi connectivity index (χ1n) is 6.39. The summed E-state index contributed by atoms with van der Waals surface area (Å²) in [6.45, 7) is 5.77. The number of hydrogen-bond donors (Lipinski definition) is 2. The van der Waals surface area contributed by atoms with Crippen LogP contribution in [0.5, 0.6) is 0 Å². The quantitative estimate of drug-likeness (QED) is 0.882. The van der Waals surface area contributed by atoms with E-state index in [-0.39, 0.29) is 0 Å². The third-order valence-corrected chi connectivity index (χ3v) is 3.12. The molecule has 6 nitrogen and oxygen atoms in total. The molecule has 2 rings (SSSR count). The lowest BCUT2D eigenvalue weighted by Gasteiger charge is -2.22. The lowest BCUT2D eigenvalue weighted by atomic mass is 10.3. The zero-order chi connectivity index (χ0) is 14.5. The van der Waals surface area contributed by atoms with Crippen LogP contribution in [0.25, 0.3) is 0 Å². The fourth-order valence-corrected chi connectivity index (χ4v) is 1.94. The van der Waals surface area contributed by atoms with Crippen LogP contribution in [0.2, 0.25) is 5.02 Å². The van der Waals surface area contributed by atoms with E-state index >= 15 is 0 Å². The van der Waals surface area contributed by atoms with Gasteiger partial charge >= 0.3 is 0 Å². The average Bonchev–Trinajstić information content (AvgIpc) is 2.46. The average molecular weight is 293 g/mol. The summed E-state index contributed by atoms with van der Waals surface area (Å²) < 4.78 is 0. The summed E-state index contributed by atoms with van der Waals surface area (Å²) in [7, 11) is 0. The Kier molecular flexibility index (Phi) is 4.57. The van der Waals surface area contributed by atoms with E-state index in [2.05, 4.69) is 39.0 Å². The molecule has 0 aliphatic rings. The summed E-state index contributed by atoms with van der Waals surface area (Å²) in [6, 6.07) is 3.51. The normalized spacial score (nSPS) is 10.3. The molecule has 0 atom stereocenters. The Bertz CT molecular complexity index is 568. The second-order valence-electron chi connectivity index (χ2n) is 4.12. The lowest BCUT2D eigenvalue weighted by Crippen LogP contribution is -2.24. The predicted octanol–water partition coefficient (Wildman–Crippen LogP) is 2.70. The Morgan fingerprint density at radius 2 is 1.95 bits per heavy atom. The van der Waals surface area contributed by atoms with E-state index in [1.165, 1.54) is 6.33 Å². The molecular weight excluding hydrogens is 276 g/mol. The van der Waals surface area contributed by atoms with Crippen molar-refractivity contribution in [2.45, 2.75) is 13.8 Å². The van der Waals surface area contributed by atoms with Crippen LogP contribution in [0.3, 0.4) is 0 Å². The van der Waals surface area contributed by atoms with Crippen molar-refractivity contribution >= 4 is 34.7 Å². The van der Waals surface area contributed by atoms with E-state index in [4.69, 9.17) is 17.3 Å². The van der Waals surface area contributed by atoms with Gasteiger partial charge in [0.2, 0.25) is 0 Å². The van der Waals surface area contributed by atoms with Gasteiger partial charge in [0.25, 0.3) is 0 Å². The molecule has 0 bridgehead atoms. The Hall–Kier alpha value is -2.08. The van der Waals surface area contributed by atoms with Crippen molar-refractivity contribution in [1.29, 1.82) is 0 Å². The number of anilines is 4. The summed E-state index contributed by atoms with van der Waals surface area (Å²) in [6.07, 6.45) is 3.05. The van der Waals surface area contributed by atoms with Gasteiger partial charge in [-0.05, 0) is 26.0 Å². The van der Waals surface area contributed by atoms with E-state index in [1.54, 1.807) is 18.3 Å². The Morgan fingerprint density at radius 1 is 1.20 bits per heavy atom. The highest BCUT2D eigenvalue weighted by atomic mass is 35.5. The minimum atomic E-state index is 0.507. The molecule has 0 fully saturated rings. The van der Waals surface area contributed by atoms with Crippen LogP contribution in [0.4, 0.5) is 23.1 Å². The number of rotatable bonds is 5. The molecule has 2 aromatic heterocycles. The molecule has 7 heteroatoms. The summed E-state index contributed by atoms with van der Waals surface area (Å²) in [5.41, 5.74) is 6.64. The molecule has 0 amide bonds. The number of nitrogen functional groups attached to an aromatic ring is 1. The summed E-state index contributed by atoms with van der Waals surface area (Å²) in [5, 5.41) is 3.65. The van der Waals surface area contributed by atoms with E-state index in [0.29, 0.717) is 22.3 Å². The second kappa shape index (κ2) is 6.38. The Labute approximate surface area is 123 Å². The Balaban J connectivity index is 2.28. The maximum Gasteiger partial charge on any atom is 0.160 e. The van der Waals surface area contributed by atoms with E-state index < -0.39 is 0 Å². The van der Waals surface area contributed by atoms with E-state index in [0.717, 1.165) is 18.9 Å². The first kappa shape index (κ1) is 14.3. The summed E-state index contributed by atoms with van der Waals surface area (Å²) >= 11 is 5.80. The van der Waals surface area contributed by atoms with Gasteiger partial charge in [0.1, 0.15) is 17.8 Å². The fraction of sp³-hybridized carbons (Fsp3) is 0.308. The van der Waals surface area contributed by atoms with Crippen molar-refractivity contribution < 1.29 is 0 Å². The molecule has 0 unspecified atom stereocenters. The molecule has 0 saturated heterocycles. The van der Waals surface area contributed by atoms with E-state index in [1.807, 2.05) is 0 Å². The fourth-order valence-electron chi connectivity index (χ4n) is 1.83. The highest BCUT2D eigenvalue weighted by Gasteiger charge is 2.13.